The topological polar surface area (TPSA) is 50.4 Å². The summed E-state index contributed by atoms with van der Waals surface area (Å²) in [6.45, 7) is 5.86. The highest BCUT2D eigenvalue weighted by molar-refractivity contribution is 5.78. The second kappa shape index (κ2) is 4.95. The summed E-state index contributed by atoms with van der Waals surface area (Å²) in [6.07, 6.45) is 6.78. The maximum absolute atomic E-state index is 12.3. The molecule has 1 heterocycles. The van der Waals surface area contributed by atoms with Gasteiger partial charge >= 0.3 is 0 Å². The lowest BCUT2D eigenvalue weighted by Crippen LogP contribution is -2.66. The number of hydrogen-bond acceptors (Lipinski definition) is 3. The maximum Gasteiger partial charge on any atom is 0.234 e. The molecule has 3 aliphatic carbocycles. The minimum atomic E-state index is 0.161. The number of carbonyl (C=O) groups excluding carboxylic acids is 1. The van der Waals surface area contributed by atoms with Crippen LogP contribution in [0, 0.1) is 23.2 Å². The largest absolute Gasteiger partial charge is 0.377 e. The lowest BCUT2D eigenvalue weighted by Gasteiger charge is -2.54. The predicted molar refractivity (Wildman–Crippen MR) is 80.8 cm³/mol. The van der Waals surface area contributed by atoms with Crippen LogP contribution < -0.4 is 10.6 Å². The van der Waals surface area contributed by atoms with Crippen molar-refractivity contribution in [3.63, 3.8) is 0 Å². The molecule has 3 atom stereocenters. The van der Waals surface area contributed by atoms with Gasteiger partial charge in [-0.25, -0.2) is 0 Å². The zero-order chi connectivity index (χ0) is 14.6. The van der Waals surface area contributed by atoms with Crippen molar-refractivity contribution in [3.05, 3.63) is 0 Å². The molecule has 4 fully saturated rings. The first-order chi connectivity index (χ1) is 10.1. The molecule has 0 aromatic carbocycles. The Labute approximate surface area is 127 Å². The van der Waals surface area contributed by atoms with Gasteiger partial charge in [-0.3, -0.25) is 4.79 Å². The molecular formula is C17H28N2O2. The van der Waals surface area contributed by atoms with Gasteiger partial charge in [0.25, 0.3) is 0 Å². The van der Waals surface area contributed by atoms with Crippen LogP contribution >= 0.6 is 0 Å². The molecule has 0 aromatic heterocycles. The summed E-state index contributed by atoms with van der Waals surface area (Å²) < 4.78 is 5.81. The summed E-state index contributed by atoms with van der Waals surface area (Å²) in [5, 5.41) is 6.81. The van der Waals surface area contributed by atoms with E-state index < -0.39 is 0 Å². The maximum atomic E-state index is 12.3. The molecule has 4 nitrogen and oxygen atoms in total. The van der Waals surface area contributed by atoms with E-state index in [-0.39, 0.29) is 11.3 Å². The number of nitrogens with one attached hydrogen (secondary N) is 2. The first-order valence-electron chi connectivity index (χ1n) is 8.71. The third-order valence-electron chi connectivity index (χ3n) is 6.17. The van der Waals surface area contributed by atoms with Crippen molar-refractivity contribution in [1.82, 2.24) is 10.6 Å². The molecule has 3 saturated carbocycles. The van der Waals surface area contributed by atoms with Crippen molar-refractivity contribution in [1.29, 1.82) is 0 Å². The van der Waals surface area contributed by atoms with Gasteiger partial charge in [-0.15, -0.1) is 0 Å². The molecule has 118 valence electrons. The molecule has 0 bridgehead atoms. The van der Waals surface area contributed by atoms with E-state index in [1.807, 2.05) is 0 Å². The predicted octanol–water partition coefficient (Wildman–Crippen LogP) is 1.69. The molecule has 1 amide bonds. The van der Waals surface area contributed by atoms with E-state index in [2.05, 4.69) is 24.5 Å². The van der Waals surface area contributed by atoms with E-state index in [9.17, 15) is 4.79 Å². The minimum Gasteiger partial charge on any atom is -0.377 e. The van der Waals surface area contributed by atoms with Crippen molar-refractivity contribution in [2.45, 2.75) is 64.1 Å². The van der Waals surface area contributed by atoms with E-state index in [0.717, 1.165) is 24.9 Å². The summed E-state index contributed by atoms with van der Waals surface area (Å²) in [5.41, 5.74) is 0.161. The standard InChI is InChI=1S/C17H28N2O2/c1-17(2)15(12-7-8-21-16(12)17)18-9-13(20)19-14(10-3-4-10)11-5-6-11/h10-12,14-16,18H,3-9H2,1-2H3,(H,19,20). The third-order valence-corrected chi connectivity index (χ3v) is 6.17. The Morgan fingerprint density at radius 3 is 2.48 bits per heavy atom. The van der Waals surface area contributed by atoms with Gasteiger partial charge < -0.3 is 15.4 Å². The van der Waals surface area contributed by atoms with Crippen LogP contribution in [-0.4, -0.2) is 37.2 Å². The quantitative estimate of drug-likeness (QED) is 0.783. The second-order valence-electron chi connectivity index (χ2n) is 8.19. The average Bonchev–Trinajstić information content (AvgIpc) is 3.34. The molecule has 4 rings (SSSR count). The van der Waals surface area contributed by atoms with Gasteiger partial charge in [0, 0.05) is 30.0 Å². The molecule has 4 aliphatic rings. The molecule has 4 heteroatoms. The van der Waals surface area contributed by atoms with E-state index in [1.54, 1.807) is 0 Å². The second-order valence-corrected chi connectivity index (χ2v) is 8.19. The van der Waals surface area contributed by atoms with E-state index in [4.69, 9.17) is 4.74 Å². The highest BCUT2D eigenvalue weighted by Gasteiger charge is 2.59. The van der Waals surface area contributed by atoms with E-state index >= 15 is 0 Å². The van der Waals surface area contributed by atoms with Gasteiger partial charge in [-0.05, 0) is 43.9 Å². The number of hydrogen-bond donors (Lipinski definition) is 2. The fraction of sp³-hybridized carbons (Fsp3) is 0.941. The minimum absolute atomic E-state index is 0.161. The summed E-state index contributed by atoms with van der Waals surface area (Å²) in [5.74, 6) is 2.34. The Bertz CT molecular complexity index is 417. The van der Waals surface area contributed by atoms with Crippen LogP contribution in [-0.2, 0) is 9.53 Å². The smallest absolute Gasteiger partial charge is 0.234 e. The molecule has 0 spiro atoms. The highest BCUT2D eigenvalue weighted by Crippen LogP contribution is 2.52. The van der Waals surface area contributed by atoms with Crippen molar-refractivity contribution in [3.8, 4) is 0 Å². The van der Waals surface area contributed by atoms with Gasteiger partial charge in [0.05, 0.1) is 12.6 Å². The van der Waals surface area contributed by atoms with Gasteiger partial charge in [0.2, 0.25) is 5.91 Å². The number of amides is 1. The zero-order valence-electron chi connectivity index (χ0n) is 13.2. The zero-order valence-corrected chi connectivity index (χ0v) is 13.2. The van der Waals surface area contributed by atoms with Crippen LogP contribution in [0.15, 0.2) is 0 Å². The van der Waals surface area contributed by atoms with Crippen LogP contribution in [0.3, 0.4) is 0 Å². The fourth-order valence-electron chi connectivity index (χ4n) is 4.71. The van der Waals surface area contributed by atoms with Gasteiger partial charge in [0.15, 0.2) is 0 Å². The van der Waals surface area contributed by atoms with Crippen LogP contribution in [0.1, 0.15) is 46.0 Å². The van der Waals surface area contributed by atoms with Crippen molar-refractivity contribution < 1.29 is 9.53 Å². The van der Waals surface area contributed by atoms with Crippen molar-refractivity contribution in [2.75, 3.05) is 13.2 Å². The molecule has 1 aliphatic heterocycles. The highest BCUT2D eigenvalue weighted by atomic mass is 16.5. The molecule has 2 N–H and O–H groups in total. The van der Waals surface area contributed by atoms with Gasteiger partial charge in [-0.2, -0.15) is 0 Å². The Morgan fingerprint density at radius 2 is 1.86 bits per heavy atom. The molecular weight excluding hydrogens is 264 g/mol. The Balaban J connectivity index is 1.27. The van der Waals surface area contributed by atoms with Crippen LogP contribution in [0.4, 0.5) is 0 Å². The van der Waals surface area contributed by atoms with Crippen molar-refractivity contribution >= 4 is 5.91 Å². The monoisotopic (exact) mass is 292 g/mol. The lowest BCUT2D eigenvalue weighted by molar-refractivity contribution is -0.127. The molecule has 0 aromatic rings. The molecule has 3 unspecified atom stereocenters. The molecule has 21 heavy (non-hydrogen) atoms. The van der Waals surface area contributed by atoms with Gasteiger partial charge in [-0.1, -0.05) is 13.8 Å². The normalized spacial score (nSPS) is 37.2. The van der Waals surface area contributed by atoms with Crippen molar-refractivity contribution in [2.24, 2.45) is 23.2 Å². The van der Waals surface area contributed by atoms with Crippen LogP contribution in [0.2, 0.25) is 0 Å². The Kier molecular flexibility index (Phi) is 3.30. The number of ether oxygens (including phenoxy) is 1. The SMILES string of the molecule is CC1(C)C(NCC(=O)NC(C2CC2)C2CC2)C2CCOC21. The summed E-state index contributed by atoms with van der Waals surface area (Å²) >= 11 is 0. The van der Waals surface area contributed by atoms with Crippen LogP contribution in [0.25, 0.3) is 0 Å². The molecule has 0 radical (unpaired) electrons. The summed E-state index contributed by atoms with van der Waals surface area (Å²) in [6, 6.07) is 0.896. The van der Waals surface area contributed by atoms with Gasteiger partial charge in [0.1, 0.15) is 0 Å². The van der Waals surface area contributed by atoms with E-state index in [1.165, 1.54) is 25.7 Å². The number of carbonyl (C=O) groups is 1. The number of rotatable bonds is 6. The Morgan fingerprint density at radius 1 is 1.19 bits per heavy atom. The first-order valence-corrected chi connectivity index (χ1v) is 8.71. The fourth-order valence-corrected chi connectivity index (χ4v) is 4.71. The summed E-state index contributed by atoms with van der Waals surface area (Å²) in [4.78, 5) is 12.3. The lowest BCUT2D eigenvalue weighted by atomic mass is 9.57. The van der Waals surface area contributed by atoms with E-state index in [0.29, 0.717) is 30.7 Å². The Hall–Kier alpha value is -0.610. The first kappa shape index (κ1) is 14.0. The third kappa shape index (κ3) is 2.50. The molecule has 1 saturated heterocycles. The summed E-state index contributed by atoms with van der Waals surface area (Å²) in [7, 11) is 0. The van der Waals surface area contributed by atoms with Crippen LogP contribution in [0.5, 0.6) is 0 Å². The number of fused-ring (bicyclic) bond motifs is 1. The average molecular weight is 292 g/mol.